The average molecular weight is 276 g/mol. The van der Waals surface area contributed by atoms with E-state index >= 15 is 0 Å². The number of likely N-dealkylation sites (N-methyl/N-ethyl adjacent to an activating group) is 1. The Labute approximate surface area is 118 Å². The van der Waals surface area contributed by atoms with Crippen LogP contribution in [0.3, 0.4) is 0 Å². The van der Waals surface area contributed by atoms with E-state index in [0.29, 0.717) is 6.04 Å². The van der Waals surface area contributed by atoms with Crippen molar-refractivity contribution < 1.29 is 14.3 Å². The van der Waals surface area contributed by atoms with Crippen molar-refractivity contribution in [3.05, 3.63) is 29.1 Å². The quantitative estimate of drug-likeness (QED) is 0.658. The van der Waals surface area contributed by atoms with Crippen LogP contribution in [-0.2, 0) is 14.3 Å². The van der Waals surface area contributed by atoms with Crippen LogP contribution in [0.15, 0.2) is 12.1 Å². The number of nitrogens with one attached hydrogen (secondary N) is 1. The van der Waals surface area contributed by atoms with E-state index in [1.54, 1.807) is 6.08 Å². The fourth-order valence-corrected chi connectivity index (χ4v) is 2.28. The van der Waals surface area contributed by atoms with Gasteiger partial charge in [-0.2, -0.15) is 0 Å². The molecule has 0 saturated heterocycles. The van der Waals surface area contributed by atoms with Crippen molar-refractivity contribution in [1.29, 1.82) is 0 Å². The molecule has 20 heavy (non-hydrogen) atoms. The van der Waals surface area contributed by atoms with Gasteiger partial charge in [0.25, 0.3) is 5.91 Å². The topological polar surface area (TPSA) is 60.3 Å². The minimum atomic E-state index is -0.509. The predicted molar refractivity (Wildman–Crippen MR) is 76.2 cm³/mol. The summed E-state index contributed by atoms with van der Waals surface area (Å²) < 4.78 is 7.12. The van der Waals surface area contributed by atoms with Crippen molar-refractivity contribution in [2.45, 2.75) is 32.7 Å². The van der Waals surface area contributed by atoms with Crippen molar-refractivity contribution in [3.63, 3.8) is 0 Å². The minimum absolute atomic E-state index is 0.249. The zero-order chi connectivity index (χ0) is 14.7. The van der Waals surface area contributed by atoms with Crippen LogP contribution >= 0.6 is 0 Å². The monoisotopic (exact) mass is 276 g/mol. The summed E-state index contributed by atoms with van der Waals surface area (Å²) in [6.45, 7) is 3.88. The van der Waals surface area contributed by atoms with Crippen LogP contribution < -0.4 is 5.32 Å². The average Bonchev–Trinajstić information content (AvgIpc) is 3.21. The second-order valence-electron chi connectivity index (χ2n) is 5.04. The molecule has 0 radical (unpaired) electrons. The Morgan fingerprint density at radius 3 is 2.75 bits per heavy atom. The van der Waals surface area contributed by atoms with Gasteiger partial charge < -0.3 is 14.6 Å². The van der Waals surface area contributed by atoms with Gasteiger partial charge in [0.1, 0.15) is 0 Å². The summed E-state index contributed by atoms with van der Waals surface area (Å²) in [5.41, 5.74) is 3.40. The highest BCUT2D eigenvalue weighted by molar-refractivity contribution is 5.89. The maximum atomic E-state index is 11.5. The zero-order valence-electron chi connectivity index (χ0n) is 12.1. The minimum Gasteiger partial charge on any atom is -0.452 e. The number of carbonyl (C=O) groups is 2. The van der Waals surface area contributed by atoms with Crippen molar-refractivity contribution in [2.75, 3.05) is 13.7 Å². The van der Waals surface area contributed by atoms with Crippen LogP contribution in [0.25, 0.3) is 6.08 Å². The summed E-state index contributed by atoms with van der Waals surface area (Å²) in [6.07, 6.45) is 5.57. The van der Waals surface area contributed by atoms with Crippen LogP contribution in [0, 0.1) is 13.8 Å². The zero-order valence-corrected chi connectivity index (χ0v) is 12.1. The van der Waals surface area contributed by atoms with E-state index < -0.39 is 5.97 Å². The van der Waals surface area contributed by atoms with E-state index in [1.807, 2.05) is 0 Å². The molecule has 0 atom stereocenters. The second-order valence-corrected chi connectivity index (χ2v) is 5.04. The van der Waals surface area contributed by atoms with Gasteiger partial charge >= 0.3 is 5.97 Å². The lowest BCUT2D eigenvalue weighted by Gasteiger charge is -2.06. The number of carbonyl (C=O) groups excluding carboxylic acids is 2. The Morgan fingerprint density at radius 1 is 1.45 bits per heavy atom. The number of amides is 1. The smallest absolute Gasteiger partial charge is 0.331 e. The SMILES string of the molecule is CNC(=O)COC(=O)/C=C/c1cc(C)n(C2CC2)c1C. The van der Waals surface area contributed by atoms with E-state index in [0.717, 1.165) is 5.56 Å². The molecule has 1 saturated carbocycles. The molecule has 5 nitrogen and oxygen atoms in total. The first kappa shape index (κ1) is 14.4. The molecule has 108 valence electrons. The van der Waals surface area contributed by atoms with E-state index in [2.05, 4.69) is 29.8 Å². The highest BCUT2D eigenvalue weighted by Crippen LogP contribution is 2.38. The number of nitrogens with zero attached hydrogens (tertiary/aromatic N) is 1. The summed E-state index contributed by atoms with van der Waals surface area (Å²) in [7, 11) is 1.50. The standard InChI is InChI=1S/C15H20N2O3/c1-10-8-12(11(2)17(10)13-5-6-13)4-7-15(19)20-9-14(18)16-3/h4,7-8,13H,5-6,9H2,1-3H3,(H,16,18)/b7-4+. The lowest BCUT2D eigenvalue weighted by molar-refractivity contribution is -0.143. The molecule has 0 aliphatic heterocycles. The predicted octanol–water partition coefficient (Wildman–Crippen LogP) is 1.74. The molecule has 1 fully saturated rings. The molecule has 0 unspecified atom stereocenters. The first-order chi connectivity index (χ1) is 9.52. The summed E-state index contributed by atoms with van der Waals surface area (Å²) >= 11 is 0. The number of esters is 1. The Morgan fingerprint density at radius 2 is 2.15 bits per heavy atom. The van der Waals surface area contributed by atoms with Crippen LogP contribution in [0.5, 0.6) is 0 Å². The molecule has 0 aromatic carbocycles. The van der Waals surface area contributed by atoms with Gasteiger partial charge in [0, 0.05) is 30.6 Å². The summed E-state index contributed by atoms with van der Waals surface area (Å²) in [5, 5.41) is 2.39. The van der Waals surface area contributed by atoms with E-state index in [4.69, 9.17) is 4.74 Å². The normalized spacial score (nSPS) is 14.6. The number of hydrogen-bond acceptors (Lipinski definition) is 3. The molecule has 1 aliphatic carbocycles. The third-order valence-corrected chi connectivity index (χ3v) is 3.46. The molecule has 1 heterocycles. The molecule has 0 bridgehead atoms. The molecular weight excluding hydrogens is 256 g/mol. The molecule has 2 rings (SSSR count). The Balaban J connectivity index is 1.99. The van der Waals surface area contributed by atoms with Gasteiger partial charge in [-0.3, -0.25) is 4.79 Å². The van der Waals surface area contributed by atoms with Crippen LogP contribution in [0.1, 0.15) is 35.8 Å². The molecule has 1 N–H and O–H groups in total. The molecular formula is C15H20N2O3. The van der Waals surface area contributed by atoms with E-state index in [-0.39, 0.29) is 12.5 Å². The molecule has 5 heteroatoms. The van der Waals surface area contributed by atoms with Crippen molar-refractivity contribution in [1.82, 2.24) is 9.88 Å². The largest absolute Gasteiger partial charge is 0.452 e. The van der Waals surface area contributed by atoms with Gasteiger partial charge in [0.2, 0.25) is 0 Å². The van der Waals surface area contributed by atoms with Gasteiger partial charge in [-0.05, 0) is 44.4 Å². The first-order valence-electron chi connectivity index (χ1n) is 6.76. The van der Waals surface area contributed by atoms with Gasteiger partial charge in [0.05, 0.1) is 0 Å². The highest BCUT2D eigenvalue weighted by atomic mass is 16.5. The van der Waals surface area contributed by atoms with E-state index in [9.17, 15) is 9.59 Å². The van der Waals surface area contributed by atoms with Crippen molar-refractivity contribution >= 4 is 18.0 Å². The molecule has 1 aromatic rings. The van der Waals surface area contributed by atoms with Crippen LogP contribution in [0.2, 0.25) is 0 Å². The number of hydrogen-bond donors (Lipinski definition) is 1. The molecule has 1 amide bonds. The number of aryl methyl sites for hydroxylation is 1. The lowest BCUT2D eigenvalue weighted by Crippen LogP contribution is -2.24. The van der Waals surface area contributed by atoms with E-state index in [1.165, 1.54) is 37.4 Å². The summed E-state index contributed by atoms with van der Waals surface area (Å²) in [6, 6.07) is 2.69. The summed E-state index contributed by atoms with van der Waals surface area (Å²) in [5.74, 6) is -0.830. The van der Waals surface area contributed by atoms with Crippen LogP contribution in [-0.4, -0.2) is 30.1 Å². The number of ether oxygens (including phenoxy) is 1. The maximum absolute atomic E-state index is 11.5. The highest BCUT2D eigenvalue weighted by Gasteiger charge is 2.26. The first-order valence-corrected chi connectivity index (χ1v) is 6.76. The fraction of sp³-hybridized carbons (Fsp3) is 0.467. The molecule has 1 aromatic heterocycles. The van der Waals surface area contributed by atoms with Gasteiger partial charge in [0.15, 0.2) is 6.61 Å². The number of aromatic nitrogens is 1. The van der Waals surface area contributed by atoms with Gasteiger partial charge in [-0.1, -0.05) is 0 Å². The number of rotatable bonds is 5. The van der Waals surface area contributed by atoms with Crippen LogP contribution in [0.4, 0.5) is 0 Å². The Kier molecular flexibility index (Phi) is 4.27. The third kappa shape index (κ3) is 3.29. The Bertz CT molecular complexity index is 554. The second kappa shape index (κ2) is 5.94. The maximum Gasteiger partial charge on any atom is 0.331 e. The molecule has 1 aliphatic rings. The van der Waals surface area contributed by atoms with Gasteiger partial charge in [-0.25, -0.2) is 4.79 Å². The molecule has 0 spiro atoms. The lowest BCUT2D eigenvalue weighted by atomic mass is 10.2. The Hall–Kier alpha value is -2.04. The van der Waals surface area contributed by atoms with Gasteiger partial charge in [-0.15, -0.1) is 0 Å². The van der Waals surface area contributed by atoms with Crippen molar-refractivity contribution in [3.8, 4) is 0 Å². The van der Waals surface area contributed by atoms with Crippen molar-refractivity contribution in [2.24, 2.45) is 0 Å². The third-order valence-electron chi connectivity index (χ3n) is 3.46. The summed E-state index contributed by atoms with van der Waals surface area (Å²) in [4.78, 5) is 22.4. The fourth-order valence-electron chi connectivity index (χ4n) is 2.28.